The van der Waals surface area contributed by atoms with E-state index in [4.69, 9.17) is 16.3 Å². The fourth-order valence-corrected chi connectivity index (χ4v) is 2.23. The highest BCUT2D eigenvalue weighted by Crippen LogP contribution is 2.23. The molecule has 0 saturated heterocycles. The first-order valence-corrected chi connectivity index (χ1v) is 6.41. The average molecular weight is 262 g/mol. The van der Waals surface area contributed by atoms with Crippen LogP contribution in [0, 0.1) is 6.92 Å². The number of ether oxygens (including phenoxy) is 1. The Morgan fingerprint density at radius 2 is 1.94 bits per heavy atom. The van der Waals surface area contributed by atoms with Crippen LogP contribution in [0.5, 0.6) is 5.88 Å². The average Bonchev–Trinajstić information content (AvgIpc) is 2.37. The maximum absolute atomic E-state index is 6.13. The van der Waals surface area contributed by atoms with E-state index in [0.717, 1.165) is 23.1 Å². The normalized spacial score (nSPS) is 10.4. The summed E-state index contributed by atoms with van der Waals surface area (Å²) >= 11 is 6.13. The van der Waals surface area contributed by atoms with E-state index in [1.165, 1.54) is 0 Å². The van der Waals surface area contributed by atoms with Gasteiger partial charge in [0.25, 0.3) is 0 Å². The monoisotopic (exact) mass is 261 g/mol. The summed E-state index contributed by atoms with van der Waals surface area (Å²) in [5.74, 6) is 0.582. The van der Waals surface area contributed by atoms with Gasteiger partial charge in [-0.2, -0.15) is 0 Å². The molecule has 18 heavy (non-hydrogen) atoms. The van der Waals surface area contributed by atoms with Crippen LogP contribution in [0.25, 0.3) is 0 Å². The number of benzene rings is 1. The minimum Gasteiger partial charge on any atom is -0.473 e. The summed E-state index contributed by atoms with van der Waals surface area (Å²) < 4.78 is 5.66. The van der Waals surface area contributed by atoms with Crippen molar-refractivity contribution in [2.24, 2.45) is 0 Å². The molecule has 0 N–H and O–H groups in total. The van der Waals surface area contributed by atoms with Gasteiger partial charge in [0, 0.05) is 6.07 Å². The van der Waals surface area contributed by atoms with Crippen molar-refractivity contribution in [3.63, 3.8) is 0 Å². The van der Waals surface area contributed by atoms with E-state index >= 15 is 0 Å². The quantitative estimate of drug-likeness (QED) is 0.770. The molecule has 1 heterocycles. The van der Waals surface area contributed by atoms with Crippen LogP contribution in [0.15, 0.2) is 36.4 Å². The van der Waals surface area contributed by atoms with Crippen molar-refractivity contribution in [1.29, 1.82) is 0 Å². The van der Waals surface area contributed by atoms with E-state index in [1.807, 2.05) is 43.3 Å². The summed E-state index contributed by atoms with van der Waals surface area (Å²) in [6, 6.07) is 11.9. The van der Waals surface area contributed by atoms with Gasteiger partial charge >= 0.3 is 0 Å². The number of rotatable bonds is 4. The van der Waals surface area contributed by atoms with E-state index in [0.29, 0.717) is 17.6 Å². The Balaban J connectivity index is 2.11. The number of hydrogen-bond acceptors (Lipinski definition) is 2. The van der Waals surface area contributed by atoms with Crippen molar-refractivity contribution in [2.45, 2.75) is 26.9 Å². The van der Waals surface area contributed by atoms with E-state index in [-0.39, 0.29) is 0 Å². The lowest BCUT2D eigenvalue weighted by Gasteiger charge is -2.10. The summed E-state index contributed by atoms with van der Waals surface area (Å²) in [4.78, 5) is 4.26. The molecule has 0 aliphatic heterocycles. The van der Waals surface area contributed by atoms with Gasteiger partial charge in [0.2, 0.25) is 5.88 Å². The number of aryl methyl sites for hydroxylation is 1. The Labute approximate surface area is 113 Å². The number of aromatic nitrogens is 1. The lowest BCUT2D eigenvalue weighted by atomic mass is 10.1. The Bertz CT molecular complexity index is 502. The molecule has 0 spiro atoms. The molecule has 2 aromatic rings. The molecule has 94 valence electrons. The van der Waals surface area contributed by atoms with Crippen molar-refractivity contribution >= 4 is 11.6 Å². The predicted octanol–water partition coefficient (Wildman–Crippen LogP) is 4.18. The molecule has 0 atom stereocenters. The molecule has 2 nitrogen and oxygen atoms in total. The summed E-state index contributed by atoms with van der Waals surface area (Å²) in [6.45, 7) is 4.61. The third-order valence-corrected chi connectivity index (χ3v) is 3.17. The van der Waals surface area contributed by atoms with Crippen LogP contribution in [-0.2, 0) is 13.0 Å². The molecule has 1 aromatic heterocycles. The highest BCUT2D eigenvalue weighted by molar-refractivity contribution is 6.30. The maximum Gasteiger partial charge on any atom is 0.215 e. The number of nitrogens with zero attached hydrogens (tertiary/aromatic N) is 1. The van der Waals surface area contributed by atoms with E-state index in [9.17, 15) is 0 Å². The zero-order valence-corrected chi connectivity index (χ0v) is 11.4. The summed E-state index contributed by atoms with van der Waals surface area (Å²) in [5, 5.41) is 0.542. The van der Waals surface area contributed by atoms with Crippen LogP contribution in [0.1, 0.15) is 23.6 Å². The zero-order chi connectivity index (χ0) is 13.0. The Morgan fingerprint density at radius 1 is 1.22 bits per heavy atom. The first-order valence-electron chi connectivity index (χ1n) is 6.03. The molecule has 0 amide bonds. The molecule has 0 unspecified atom stereocenters. The Kier molecular flexibility index (Phi) is 4.21. The second-order valence-electron chi connectivity index (χ2n) is 4.17. The van der Waals surface area contributed by atoms with Gasteiger partial charge in [0.05, 0.1) is 0 Å². The fourth-order valence-electron chi connectivity index (χ4n) is 1.86. The van der Waals surface area contributed by atoms with Crippen LogP contribution in [0.2, 0.25) is 5.15 Å². The van der Waals surface area contributed by atoms with Gasteiger partial charge in [-0.1, -0.05) is 48.9 Å². The second-order valence-corrected chi connectivity index (χ2v) is 4.53. The molecule has 0 fully saturated rings. The third-order valence-electron chi connectivity index (χ3n) is 2.86. The maximum atomic E-state index is 6.13. The van der Waals surface area contributed by atoms with Crippen LogP contribution >= 0.6 is 11.6 Å². The van der Waals surface area contributed by atoms with Crippen LogP contribution in [-0.4, -0.2) is 4.98 Å². The molecule has 0 aliphatic rings. The standard InChI is InChI=1S/C15H16ClNO/c1-3-13-11(2)9-14(17-15(13)16)18-10-12-7-5-4-6-8-12/h4-9H,3,10H2,1-2H3. The van der Waals surface area contributed by atoms with Crippen LogP contribution in [0.3, 0.4) is 0 Å². The molecule has 3 heteroatoms. The Hall–Kier alpha value is -1.54. The second kappa shape index (κ2) is 5.87. The largest absolute Gasteiger partial charge is 0.473 e. The molecule has 1 aromatic carbocycles. The topological polar surface area (TPSA) is 22.1 Å². The van der Waals surface area contributed by atoms with E-state index < -0.39 is 0 Å². The molecule has 2 rings (SSSR count). The molecule has 0 saturated carbocycles. The molecule has 0 radical (unpaired) electrons. The van der Waals surface area contributed by atoms with Crippen LogP contribution in [0.4, 0.5) is 0 Å². The first kappa shape index (κ1) is 12.9. The predicted molar refractivity (Wildman–Crippen MR) is 74.1 cm³/mol. The molecular weight excluding hydrogens is 246 g/mol. The first-order chi connectivity index (χ1) is 8.70. The molecule has 0 aliphatic carbocycles. The summed E-state index contributed by atoms with van der Waals surface area (Å²) in [5.41, 5.74) is 3.33. The van der Waals surface area contributed by atoms with Gasteiger partial charge in [-0.05, 0) is 30.0 Å². The van der Waals surface area contributed by atoms with E-state index in [2.05, 4.69) is 11.9 Å². The van der Waals surface area contributed by atoms with Gasteiger partial charge in [0.1, 0.15) is 11.8 Å². The van der Waals surface area contributed by atoms with E-state index in [1.54, 1.807) is 0 Å². The van der Waals surface area contributed by atoms with Gasteiger partial charge in [0.15, 0.2) is 0 Å². The van der Waals surface area contributed by atoms with Gasteiger partial charge < -0.3 is 4.74 Å². The third kappa shape index (κ3) is 3.02. The van der Waals surface area contributed by atoms with Gasteiger partial charge in [-0.15, -0.1) is 0 Å². The number of halogens is 1. The fraction of sp³-hybridized carbons (Fsp3) is 0.267. The van der Waals surface area contributed by atoms with Gasteiger partial charge in [-0.3, -0.25) is 0 Å². The number of hydrogen-bond donors (Lipinski definition) is 0. The SMILES string of the molecule is CCc1c(C)cc(OCc2ccccc2)nc1Cl. The molecule has 0 bridgehead atoms. The van der Waals surface area contributed by atoms with Crippen LogP contribution < -0.4 is 4.74 Å². The summed E-state index contributed by atoms with van der Waals surface area (Å²) in [7, 11) is 0. The molecular formula is C15H16ClNO. The minimum atomic E-state index is 0.509. The van der Waals surface area contributed by atoms with Crippen molar-refractivity contribution in [1.82, 2.24) is 4.98 Å². The highest BCUT2D eigenvalue weighted by Gasteiger charge is 2.07. The summed E-state index contributed by atoms with van der Waals surface area (Å²) in [6.07, 6.45) is 0.886. The highest BCUT2D eigenvalue weighted by atomic mass is 35.5. The minimum absolute atomic E-state index is 0.509. The van der Waals surface area contributed by atoms with Crippen molar-refractivity contribution in [3.8, 4) is 5.88 Å². The smallest absolute Gasteiger partial charge is 0.215 e. The lowest BCUT2D eigenvalue weighted by Crippen LogP contribution is -2.00. The van der Waals surface area contributed by atoms with Crippen molar-refractivity contribution < 1.29 is 4.74 Å². The van der Waals surface area contributed by atoms with Gasteiger partial charge in [-0.25, -0.2) is 4.98 Å². The Morgan fingerprint density at radius 3 is 2.56 bits per heavy atom. The zero-order valence-electron chi connectivity index (χ0n) is 10.6. The van der Waals surface area contributed by atoms with Crippen molar-refractivity contribution in [3.05, 3.63) is 58.2 Å². The van der Waals surface area contributed by atoms with Crippen molar-refractivity contribution in [2.75, 3.05) is 0 Å². The number of pyridine rings is 1. The lowest BCUT2D eigenvalue weighted by molar-refractivity contribution is 0.293.